The lowest BCUT2D eigenvalue weighted by molar-refractivity contribution is 0.0264. The number of rotatable bonds is 8. The van der Waals surface area contributed by atoms with E-state index in [1.807, 2.05) is 32.6 Å². The molecule has 0 spiro atoms. The Bertz CT molecular complexity index is 303. The molecule has 0 aromatic carbocycles. The van der Waals surface area contributed by atoms with Crippen LogP contribution in [0.5, 0.6) is 0 Å². The third kappa shape index (κ3) is 9.88. The molecule has 0 aliphatic rings. The molecule has 0 N–H and O–H groups in total. The number of unbranched alkanes of at least 4 members (excludes halogenated alkanes) is 4. The van der Waals surface area contributed by atoms with Crippen LogP contribution in [0.1, 0.15) is 73.6 Å². The van der Waals surface area contributed by atoms with E-state index in [9.17, 15) is 4.79 Å². The largest absolute Gasteiger partial charge is 0.444 e. The molecule has 0 atom stereocenters. The minimum Gasteiger partial charge on any atom is -0.444 e. The molecule has 1 amide bonds. The van der Waals surface area contributed by atoms with Gasteiger partial charge in [-0.05, 0) is 41.0 Å². The van der Waals surface area contributed by atoms with Gasteiger partial charge in [0.1, 0.15) is 5.60 Å². The standard InChI is InChI=1S/C17H33NO2/c1-7-9-10-11-12-13-18(14-15(3)8-2)16(19)20-17(4,5)6/h8H,7,9-14H2,1-6H3. The summed E-state index contributed by atoms with van der Waals surface area (Å²) in [6.45, 7) is 13.4. The Balaban J connectivity index is 4.37. The number of nitrogens with zero attached hydrogens (tertiary/aromatic N) is 1. The molecule has 0 saturated carbocycles. The molecule has 0 rings (SSSR count). The Morgan fingerprint density at radius 1 is 1.15 bits per heavy atom. The Labute approximate surface area is 125 Å². The molecule has 0 aliphatic heterocycles. The van der Waals surface area contributed by atoms with Gasteiger partial charge in [0.25, 0.3) is 0 Å². The molecule has 0 aliphatic carbocycles. The van der Waals surface area contributed by atoms with Gasteiger partial charge < -0.3 is 9.64 Å². The molecule has 0 radical (unpaired) electrons. The van der Waals surface area contributed by atoms with E-state index in [0.29, 0.717) is 6.54 Å². The van der Waals surface area contributed by atoms with E-state index in [1.54, 1.807) is 0 Å². The average molecular weight is 283 g/mol. The zero-order valence-electron chi connectivity index (χ0n) is 14.3. The van der Waals surface area contributed by atoms with Gasteiger partial charge in [0.05, 0.1) is 0 Å². The van der Waals surface area contributed by atoms with E-state index in [-0.39, 0.29) is 6.09 Å². The van der Waals surface area contributed by atoms with Crippen molar-refractivity contribution in [2.45, 2.75) is 79.2 Å². The summed E-state index contributed by atoms with van der Waals surface area (Å²) in [5, 5.41) is 0. The predicted molar refractivity (Wildman–Crippen MR) is 86.0 cm³/mol. The van der Waals surface area contributed by atoms with E-state index >= 15 is 0 Å². The Kier molecular flexibility index (Phi) is 9.35. The first-order valence-electron chi connectivity index (χ1n) is 7.90. The Morgan fingerprint density at radius 3 is 2.25 bits per heavy atom. The molecule has 0 aromatic rings. The summed E-state index contributed by atoms with van der Waals surface area (Å²) in [6.07, 6.45) is 7.86. The number of hydrogen-bond donors (Lipinski definition) is 0. The third-order valence-corrected chi connectivity index (χ3v) is 3.12. The molecule has 0 saturated heterocycles. The van der Waals surface area contributed by atoms with Crippen LogP contribution in [0.2, 0.25) is 0 Å². The monoisotopic (exact) mass is 283 g/mol. The topological polar surface area (TPSA) is 29.5 Å². The summed E-state index contributed by atoms with van der Waals surface area (Å²) in [7, 11) is 0. The zero-order chi connectivity index (χ0) is 15.6. The van der Waals surface area contributed by atoms with Gasteiger partial charge in [0, 0.05) is 13.1 Å². The van der Waals surface area contributed by atoms with Crippen LogP contribution in [0.4, 0.5) is 4.79 Å². The van der Waals surface area contributed by atoms with Gasteiger partial charge in [0.2, 0.25) is 0 Å². The molecular weight excluding hydrogens is 250 g/mol. The van der Waals surface area contributed by atoms with E-state index in [0.717, 1.165) is 13.0 Å². The van der Waals surface area contributed by atoms with Gasteiger partial charge in [0.15, 0.2) is 0 Å². The highest BCUT2D eigenvalue weighted by atomic mass is 16.6. The predicted octanol–water partition coefficient (Wildman–Crippen LogP) is 5.16. The summed E-state index contributed by atoms with van der Waals surface area (Å²) in [4.78, 5) is 14.0. The van der Waals surface area contributed by atoms with Crippen LogP contribution >= 0.6 is 0 Å². The van der Waals surface area contributed by atoms with Crippen molar-refractivity contribution in [1.29, 1.82) is 0 Å². The van der Waals surface area contributed by atoms with Gasteiger partial charge >= 0.3 is 6.09 Å². The van der Waals surface area contributed by atoms with Crippen molar-refractivity contribution in [1.82, 2.24) is 4.90 Å². The SMILES string of the molecule is CC=C(C)CN(CCCCCCC)C(=O)OC(C)(C)C. The Hall–Kier alpha value is -0.990. The highest BCUT2D eigenvalue weighted by Crippen LogP contribution is 2.13. The molecule has 0 fully saturated rings. The second-order valence-corrected chi connectivity index (χ2v) is 6.45. The van der Waals surface area contributed by atoms with Crippen LogP contribution < -0.4 is 0 Å². The average Bonchev–Trinajstić information content (AvgIpc) is 2.34. The summed E-state index contributed by atoms with van der Waals surface area (Å²) >= 11 is 0. The third-order valence-electron chi connectivity index (χ3n) is 3.12. The summed E-state index contributed by atoms with van der Waals surface area (Å²) in [5.74, 6) is 0. The van der Waals surface area contributed by atoms with E-state index in [1.165, 1.54) is 31.3 Å². The smallest absolute Gasteiger partial charge is 0.410 e. The van der Waals surface area contributed by atoms with Crippen molar-refractivity contribution in [2.24, 2.45) is 0 Å². The highest BCUT2D eigenvalue weighted by Gasteiger charge is 2.21. The summed E-state index contributed by atoms with van der Waals surface area (Å²) in [5.41, 5.74) is 0.769. The molecule has 3 nitrogen and oxygen atoms in total. The molecular formula is C17H33NO2. The maximum atomic E-state index is 12.2. The minimum atomic E-state index is -0.429. The normalized spacial score (nSPS) is 12.4. The van der Waals surface area contributed by atoms with Gasteiger partial charge in [-0.3, -0.25) is 0 Å². The first kappa shape index (κ1) is 19.0. The first-order chi connectivity index (χ1) is 9.30. The molecule has 20 heavy (non-hydrogen) atoms. The fourth-order valence-electron chi connectivity index (χ4n) is 1.86. The number of amides is 1. The maximum Gasteiger partial charge on any atom is 0.410 e. The fraction of sp³-hybridized carbons (Fsp3) is 0.824. The molecule has 118 valence electrons. The van der Waals surface area contributed by atoms with Gasteiger partial charge in [-0.15, -0.1) is 0 Å². The van der Waals surface area contributed by atoms with Crippen molar-refractivity contribution >= 4 is 6.09 Å². The van der Waals surface area contributed by atoms with Crippen LogP contribution in [0.25, 0.3) is 0 Å². The van der Waals surface area contributed by atoms with Crippen molar-refractivity contribution in [3.63, 3.8) is 0 Å². The van der Waals surface area contributed by atoms with Crippen molar-refractivity contribution in [3.05, 3.63) is 11.6 Å². The van der Waals surface area contributed by atoms with Gasteiger partial charge in [-0.25, -0.2) is 4.79 Å². The molecule has 0 heterocycles. The van der Waals surface area contributed by atoms with E-state index in [2.05, 4.69) is 19.9 Å². The van der Waals surface area contributed by atoms with Crippen molar-refractivity contribution in [3.8, 4) is 0 Å². The molecule has 0 bridgehead atoms. The maximum absolute atomic E-state index is 12.2. The fourth-order valence-corrected chi connectivity index (χ4v) is 1.86. The van der Waals surface area contributed by atoms with Crippen molar-refractivity contribution < 1.29 is 9.53 Å². The zero-order valence-corrected chi connectivity index (χ0v) is 14.3. The number of carbonyl (C=O) groups is 1. The van der Waals surface area contributed by atoms with E-state index < -0.39 is 5.60 Å². The minimum absolute atomic E-state index is 0.200. The molecule has 3 heteroatoms. The lowest BCUT2D eigenvalue weighted by Crippen LogP contribution is -2.38. The van der Waals surface area contributed by atoms with Crippen molar-refractivity contribution in [2.75, 3.05) is 13.1 Å². The number of ether oxygens (including phenoxy) is 1. The molecule has 0 unspecified atom stereocenters. The van der Waals surface area contributed by atoms with Crippen LogP contribution in [-0.4, -0.2) is 29.7 Å². The Morgan fingerprint density at radius 2 is 1.75 bits per heavy atom. The van der Waals surface area contributed by atoms with Crippen LogP contribution in [0, 0.1) is 0 Å². The first-order valence-corrected chi connectivity index (χ1v) is 7.90. The quantitative estimate of drug-likeness (QED) is 0.455. The second-order valence-electron chi connectivity index (χ2n) is 6.45. The lowest BCUT2D eigenvalue weighted by atomic mass is 10.1. The number of allylic oxidation sites excluding steroid dienone is 1. The van der Waals surface area contributed by atoms with Gasteiger partial charge in [-0.2, -0.15) is 0 Å². The number of carbonyl (C=O) groups excluding carboxylic acids is 1. The molecule has 0 aromatic heterocycles. The van der Waals surface area contributed by atoms with Crippen LogP contribution in [0.15, 0.2) is 11.6 Å². The highest BCUT2D eigenvalue weighted by molar-refractivity contribution is 5.68. The summed E-state index contributed by atoms with van der Waals surface area (Å²) < 4.78 is 5.48. The van der Waals surface area contributed by atoms with Gasteiger partial charge in [-0.1, -0.05) is 44.3 Å². The summed E-state index contributed by atoms with van der Waals surface area (Å²) in [6, 6.07) is 0. The number of hydrogen-bond acceptors (Lipinski definition) is 2. The van der Waals surface area contributed by atoms with E-state index in [4.69, 9.17) is 4.74 Å². The van der Waals surface area contributed by atoms with Crippen LogP contribution in [0.3, 0.4) is 0 Å². The lowest BCUT2D eigenvalue weighted by Gasteiger charge is -2.27. The van der Waals surface area contributed by atoms with Crippen LogP contribution in [-0.2, 0) is 4.74 Å². The second kappa shape index (κ2) is 9.84.